The Hall–Kier alpha value is -2.69. The van der Waals surface area contributed by atoms with Crippen molar-refractivity contribution < 1.29 is 14.0 Å². The fourth-order valence-corrected chi connectivity index (χ4v) is 3.31. The molecule has 2 aromatic rings. The van der Waals surface area contributed by atoms with E-state index in [1.807, 2.05) is 37.3 Å². The number of amides is 2. The normalized spacial score (nSPS) is 16.8. The van der Waals surface area contributed by atoms with Crippen molar-refractivity contribution in [1.29, 1.82) is 0 Å². The first-order valence-electron chi connectivity index (χ1n) is 8.91. The summed E-state index contributed by atoms with van der Waals surface area (Å²) in [5, 5.41) is 0. The Bertz CT molecular complexity index is 761. The first-order chi connectivity index (χ1) is 12.6. The minimum atomic E-state index is -0.313. The lowest BCUT2D eigenvalue weighted by atomic mass is 10.1. The maximum atomic E-state index is 13.0. The monoisotopic (exact) mass is 354 g/mol. The second-order valence-electron chi connectivity index (χ2n) is 6.64. The number of hydrogen-bond acceptors (Lipinski definition) is 2. The van der Waals surface area contributed by atoms with Gasteiger partial charge in [0.05, 0.1) is 5.92 Å². The van der Waals surface area contributed by atoms with Crippen LogP contribution >= 0.6 is 0 Å². The summed E-state index contributed by atoms with van der Waals surface area (Å²) in [6.07, 6.45) is 0.241. The molecule has 1 atom stereocenters. The molecule has 0 N–H and O–H groups in total. The summed E-state index contributed by atoms with van der Waals surface area (Å²) in [5.74, 6) is -0.615. The van der Waals surface area contributed by atoms with Gasteiger partial charge in [-0.15, -0.1) is 0 Å². The number of rotatable bonds is 6. The number of benzene rings is 2. The van der Waals surface area contributed by atoms with Gasteiger partial charge in [-0.25, -0.2) is 4.39 Å². The van der Waals surface area contributed by atoms with Crippen molar-refractivity contribution >= 4 is 11.8 Å². The maximum Gasteiger partial charge on any atom is 0.228 e. The Labute approximate surface area is 153 Å². The van der Waals surface area contributed by atoms with Crippen LogP contribution in [-0.4, -0.2) is 34.7 Å². The molecule has 4 nitrogen and oxygen atoms in total. The summed E-state index contributed by atoms with van der Waals surface area (Å²) in [5.41, 5.74) is 1.94. The van der Waals surface area contributed by atoms with E-state index in [0.717, 1.165) is 11.1 Å². The third-order valence-corrected chi connectivity index (χ3v) is 4.76. The van der Waals surface area contributed by atoms with Crippen LogP contribution in [0.25, 0.3) is 0 Å². The largest absolute Gasteiger partial charge is 0.338 e. The second kappa shape index (κ2) is 8.13. The molecule has 0 radical (unpaired) electrons. The fraction of sp³-hybridized carbons (Fsp3) is 0.333. The highest BCUT2D eigenvalue weighted by Gasteiger charge is 2.36. The fourth-order valence-electron chi connectivity index (χ4n) is 3.31. The number of nitrogens with zero attached hydrogens (tertiary/aromatic N) is 2. The summed E-state index contributed by atoms with van der Waals surface area (Å²) in [6.45, 7) is 3.94. The minimum Gasteiger partial charge on any atom is -0.338 e. The van der Waals surface area contributed by atoms with E-state index in [0.29, 0.717) is 26.2 Å². The van der Waals surface area contributed by atoms with E-state index in [2.05, 4.69) is 0 Å². The van der Waals surface area contributed by atoms with Crippen molar-refractivity contribution in [2.75, 3.05) is 13.1 Å². The molecular weight excluding hydrogens is 331 g/mol. The number of hydrogen-bond donors (Lipinski definition) is 0. The van der Waals surface area contributed by atoms with Gasteiger partial charge in [-0.3, -0.25) is 9.59 Å². The van der Waals surface area contributed by atoms with Crippen LogP contribution in [0, 0.1) is 11.7 Å². The minimum absolute atomic E-state index is 0.0197. The van der Waals surface area contributed by atoms with E-state index in [1.165, 1.54) is 12.1 Å². The zero-order valence-corrected chi connectivity index (χ0v) is 14.9. The van der Waals surface area contributed by atoms with E-state index in [1.54, 1.807) is 21.9 Å². The van der Waals surface area contributed by atoms with Crippen LogP contribution in [0.5, 0.6) is 0 Å². The lowest BCUT2D eigenvalue weighted by molar-refractivity contribution is -0.136. The molecule has 1 aliphatic heterocycles. The van der Waals surface area contributed by atoms with Gasteiger partial charge in [0.25, 0.3) is 0 Å². The Morgan fingerprint density at radius 2 is 1.81 bits per heavy atom. The summed E-state index contributed by atoms with van der Waals surface area (Å²) in [6, 6.07) is 16.0. The van der Waals surface area contributed by atoms with Gasteiger partial charge in [0.1, 0.15) is 5.82 Å². The van der Waals surface area contributed by atoms with Crippen LogP contribution in [0.2, 0.25) is 0 Å². The molecule has 0 bridgehead atoms. The molecular formula is C21H23FN2O2. The molecule has 1 unspecified atom stereocenters. The molecule has 0 aromatic heterocycles. The topological polar surface area (TPSA) is 40.6 Å². The SMILES string of the molecule is CCN(Cc1ccccc1)C(=O)C1CC(=O)N(Cc2ccc(F)cc2)C1. The van der Waals surface area contributed by atoms with E-state index in [9.17, 15) is 14.0 Å². The molecule has 2 aromatic carbocycles. The van der Waals surface area contributed by atoms with Crippen LogP contribution in [-0.2, 0) is 22.7 Å². The van der Waals surface area contributed by atoms with Crippen LogP contribution < -0.4 is 0 Å². The molecule has 1 saturated heterocycles. The zero-order chi connectivity index (χ0) is 18.5. The predicted molar refractivity (Wildman–Crippen MR) is 97.5 cm³/mol. The van der Waals surface area contributed by atoms with Crippen molar-refractivity contribution in [3.8, 4) is 0 Å². The van der Waals surface area contributed by atoms with Gasteiger partial charge in [0.15, 0.2) is 0 Å². The molecule has 1 aliphatic rings. The molecule has 136 valence electrons. The standard InChI is InChI=1S/C21H23FN2O2/c1-2-23(13-16-6-4-3-5-7-16)21(26)18-12-20(25)24(15-18)14-17-8-10-19(22)11-9-17/h3-11,18H,2,12-15H2,1H3. The summed E-state index contributed by atoms with van der Waals surface area (Å²) >= 11 is 0. The van der Waals surface area contributed by atoms with Gasteiger partial charge in [-0.1, -0.05) is 42.5 Å². The Balaban J connectivity index is 1.62. The molecule has 26 heavy (non-hydrogen) atoms. The van der Waals surface area contributed by atoms with Gasteiger partial charge in [0, 0.05) is 32.6 Å². The highest BCUT2D eigenvalue weighted by Crippen LogP contribution is 2.23. The van der Waals surface area contributed by atoms with Crippen LogP contribution in [0.3, 0.4) is 0 Å². The van der Waals surface area contributed by atoms with E-state index >= 15 is 0 Å². The van der Waals surface area contributed by atoms with Gasteiger partial charge in [0.2, 0.25) is 11.8 Å². The first-order valence-corrected chi connectivity index (χ1v) is 8.91. The molecule has 0 saturated carbocycles. The van der Waals surface area contributed by atoms with Gasteiger partial charge in [-0.05, 0) is 30.2 Å². The van der Waals surface area contributed by atoms with Crippen molar-refractivity contribution in [2.45, 2.75) is 26.4 Å². The van der Waals surface area contributed by atoms with Gasteiger partial charge >= 0.3 is 0 Å². The second-order valence-corrected chi connectivity index (χ2v) is 6.64. The number of halogens is 1. The molecule has 1 fully saturated rings. The van der Waals surface area contributed by atoms with E-state index in [4.69, 9.17) is 0 Å². The van der Waals surface area contributed by atoms with Crippen molar-refractivity contribution in [1.82, 2.24) is 9.80 Å². The van der Waals surface area contributed by atoms with Crippen molar-refractivity contribution in [3.63, 3.8) is 0 Å². The predicted octanol–water partition coefficient (Wildman–Crippen LogP) is 3.22. The molecule has 0 aliphatic carbocycles. The average Bonchev–Trinajstić information content (AvgIpc) is 3.02. The van der Waals surface area contributed by atoms with E-state index < -0.39 is 0 Å². The van der Waals surface area contributed by atoms with Crippen LogP contribution in [0.15, 0.2) is 54.6 Å². The van der Waals surface area contributed by atoms with Gasteiger partial charge in [-0.2, -0.15) is 0 Å². The van der Waals surface area contributed by atoms with Crippen LogP contribution in [0.1, 0.15) is 24.5 Å². The molecule has 0 spiro atoms. The number of likely N-dealkylation sites (tertiary alicyclic amines) is 1. The molecule has 3 rings (SSSR count). The lowest BCUT2D eigenvalue weighted by Crippen LogP contribution is -2.36. The third-order valence-electron chi connectivity index (χ3n) is 4.76. The van der Waals surface area contributed by atoms with Crippen molar-refractivity contribution in [3.05, 3.63) is 71.5 Å². The number of carbonyl (C=O) groups is 2. The Morgan fingerprint density at radius 1 is 1.12 bits per heavy atom. The van der Waals surface area contributed by atoms with Crippen molar-refractivity contribution in [2.24, 2.45) is 5.92 Å². The highest BCUT2D eigenvalue weighted by molar-refractivity contribution is 5.89. The first kappa shape index (κ1) is 18.1. The Kier molecular flexibility index (Phi) is 5.66. The van der Waals surface area contributed by atoms with Crippen LogP contribution in [0.4, 0.5) is 4.39 Å². The lowest BCUT2D eigenvalue weighted by Gasteiger charge is -2.24. The molecule has 1 heterocycles. The third kappa shape index (κ3) is 4.28. The summed E-state index contributed by atoms with van der Waals surface area (Å²) in [4.78, 5) is 28.7. The Morgan fingerprint density at radius 3 is 2.46 bits per heavy atom. The smallest absolute Gasteiger partial charge is 0.228 e. The molecule has 2 amide bonds. The highest BCUT2D eigenvalue weighted by atomic mass is 19.1. The zero-order valence-electron chi connectivity index (χ0n) is 14.9. The summed E-state index contributed by atoms with van der Waals surface area (Å²) < 4.78 is 13.0. The van der Waals surface area contributed by atoms with Gasteiger partial charge < -0.3 is 9.80 Å². The maximum absolute atomic E-state index is 13.0. The number of carbonyl (C=O) groups excluding carboxylic acids is 2. The quantitative estimate of drug-likeness (QED) is 0.799. The molecule has 5 heteroatoms. The average molecular weight is 354 g/mol. The van der Waals surface area contributed by atoms with E-state index in [-0.39, 0.29) is 30.0 Å². The summed E-state index contributed by atoms with van der Waals surface area (Å²) in [7, 11) is 0.